The monoisotopic (exact) mass is 1220 g/mol. The summed E-state index contributed by atoms with van der Waals surface area (Å²) in [7, 11) is -1.53. The van der Waals surface area contributed by atoms with Gasteiger partial charge in [0.05, 0.1) is 0 Å². The van der Waals surface area contributed by atoms with Gasteiger partial charge in [-0.3, -0.25) is 0 Å². The Kier molecular flexibility index (Phi) is 13.9. The molecule has 0 unspecified atom stereocenters. The van der Waals surface area contributed by atoms with Crippen LogP contribution in [0.1, 0.15) is 0 Å². The molecule has 18 aromatic rings. The van der Waals surface area contributed by atoms with E-state index in [1.165, 1.54) is 87.4 Å². The number of hydrogen-bond donors (Lipinski definition) is 2. The van der Waals surface area contributed by atoms with Crippen molar-refractivity contribution >= 4 is 137 Å². The van der Waals surface area contributed by atoms with E-state index < -0.39 is 7.12 Å². The number of rotatable bonds is 6. The molecule has 90 heavy (non-hydrogen) atoms. The molecule has 2 heterocycles. The highest BCUT2D eigenvalue weighted by atomic mass is 79.9. The zero-order valence-electron chi connectivity index (χ0n) is 48.7. The summed E-state index contributed by atoms with van der Waals surface area (Å²) in [5, 5.41) is 38.5. The summed E-state index contributed by atoms with van der Waals surface area (Å²) in [5.74, 6) is 0. The molecule has 0 amide bonds. The fourth-order valence-corrected chi connectivity index (χ4v) is 13.9. The Morgan fingerprint density at radius 2 is 0.533 bits per heavy atom. The van der Waals surface area contributed by atoms with E-state index in [0.29, 0.717) is 5.46 Å². The Bertz CT molecular complexity index is 5680. The minimum absolute atomic E-state index is 0.555. The van der Waals surface area contributed by atoms with Gasteiger partial charge in [-0.05, 0) is 192 Å². The van der Waals surface area contributed by atoms with E-state index in [1.807, 2.05) is 72.8 Å². The largest absolute Gasteiger partial charge is 0.489 e. The third-order valence-corrected chi connectivity index (χ3v) is 18.1. The van der Waals surface area contributed by atoms with Crippen LogP contribution in [-0.2, 0) is 0 Å². The van der Waals surface area contributed by atoms with Crippen LogP contribution in [0.15, 0.2) is 329 Å². The molecule has 0 aliphatic rings. The van der Waals surface area contributed by atoms with E-state index in [2.05, 4.69) is 259 Å². The molecule has 0 bridgehead atoms. The molecular weight excluding hydrogens is 1160 g/mol. The van der Waals surface area contributed by atoms with Gasteiger partial charge in [-0.1, -0.05) is 265 Å². The number of halogens is 1. The van der Waals surface area contributed by atoms with Gasteiger partial charge in [-0.2, -0.15) is 0 Å². The smallest absolute Gasteiger partial charge is 0.456 e. The Morgan fingerprint density at radius 1 is 0.222 bits per heavy atom. The number of benzene rings is 16. The quantitative estimate of drug-likeness (QED) is 0.129. The molecule has 0 atom stereocenters. The van der Waals surface area contributed by atoms with Crippen LogP contribution in [0.4, 0.5) is 0 Å². The van der Waals surface area contributed by atoms with Crippen LogP contribution in [0, 0.1) is 0 Å². The average Bonchev–Trinajstić information content (AvgIpc) is 0.848. The Hall–Kier alpha value is -10.9. The van der Waals surface area contributed by atoms with Gasteiger partial charge >= 0.3 is 7.12 Å². The van der Waals surface area contributed by atoms with Gasteiger partial charge in [-0.25, -0.2) is 0 Å². The van der Waals surface area contributed by atoms with Crippen LogP contribution < -0.4 is 5.46 Å². The normalized spacial score (nSPS) is 11.5. The Morgan fingerprint density at radius 3 is 0.956 bits per heavy atom. The molecule has 424 valence electrons. The minimum atomic E-state index is -1.53. The second kappa shape index (κ2) is 23.0. The third kappa shape index (κ3) is 9.85. The fourth-order valence-electron chi connectivity index (χ4n) is 13.5. The van der Waals surface area contributed by atoms with E-state index in [9.17, 15) is 10.0 Å². The van der Waals surface area contributed by atoms with Crippen molar-refractivity contribution in [2.45, 2.75) is 0 Å². The van der Waals surface area contributed by atoms with Gasteiger partial charge in [0.15, 0.2) is 0 Å². The van der Waals surface area contributed by atoms with E-state index in [-0.39, 0.29) is 0 Å². The number of fused-ring (bicyclic) bond motifs is 12. The molecular formula is C84H54BBrO4. The topological polar surface area (TPSA) is 66.7 Å². The zero-order valence-corrected chi connectivity index (χ0v) is 50.3. The van der Waals surface area contributed by atoms with Crippen LogP contribution in [0.25, 0.3) is 164 Å². The van der Waals surface area contributed by atoms with Gasteiger partial charge < -0.3 is 18.9 Å². The Labute approximate surface area is 528 Å². The molecule has 0 saturated heterocycles. The molecule has 6 heteroatoms. The van der Waals surface area contributed by atoms with Crippen LogP contribution in [0.2, 0.25) is 0 Å². The SMILES string of the molecule is Brc1ccc2oc3cc4ccccc4cc3c2c1.OB(O)c1c2ccccc2c(-c2cccc(-c3ccccc3)c2)c2ccccc12.c1ccc(-c2cccc(-c3c4ccccc4c(-c4ccc5oc6cc7ccccc7cc6c5c4)c4ccccc34)c2)cc1. The van der Waals surface area contributed by atoms with Crippen molar-refractivity contribution < 1.29 is 18.9 Å². The summed E-state index contributed by atoms with van der Waals surface area (Å²) in [4.78, 5) is 0. The summed E-state index contributed by atoms with van der Waals surface area (Å²) in [5.41, 5.74) is 16.2. The lowest BCUT2D eigenvalue weighted by molar-refractivity contribution is 0.426. The predicted molar refractivity (Wildman–Crippen MR) is 384 cm³/mol. The molecule has 4 nitrogen and oxygen atoms in total. The van der Waals surface area contributed by atoms with E-state index >= 15 is 0 Å². The molecule has 18 rings (SSSR count). The predicted octanol–water partition coefficient (Wildman–Crippen LogP) is 22.6. The Balaban J connectivity index is 0.000000118. The number of hydrogen-bond acceptors (Lipinski definition) is 4. The zero-order chi connectivity index (χ0) is 60.2. The van der Waals surface area contributed by atoms with Crippen molar-refractivity contribution in [3.63, 3.8) is 0 Å². The van der Waals surface area contributed by atoms with Crippen LogP contribution in [0.3, 0.4) is 0 Å². The summed E-state index contributed by atoms with van der Waals surface area (Å²) in [6, 6.07) is 110. The first kappa shape index (κ1) is 54.5. The van der Waals surface area contributed by atoms with Crippen LogP contribution in [-0.4, -0.2) is 17.2 Å². The maximum absolute atomic E-state index is 10.1. The highest BCUT2D eigenvalue weighted by Gasteiger charge is 2.23. The lowest BCUT2D eigenvalue weighted by Gasteiger charge is -2.18. The maximum Gasteiger partial charge on any atom is 0.489 e. The molecule has 0 spiro atoms. The molecule has 0 aliphatic carbocycles. The lowest BCUT2D eigenvalue weighted by atomic mass is 9.72. The van der Waals surface area contributed by atoms with Crippen LogP contribution in [0.5, 0.6) is 0 Å². The first-order chi connectivity index (χ1) is 44.4. The fraction of sp³-hybridized carbons (Fsp3) is 0. The van der Waals surface area contributed by atoms with E-state index in [1.54, 1.807) is 0 Å². The van der Waals surface area contributed by atoms with Gasteiger partial charge in [-0.15, -0.1) is 0 Å². The van der Waals surface area contributed by atoms with Crippen molar-refractivity contribution in [2.24, 2.45) is 0 Å². The number of furan rings is 2. The third-order valence-electron chi connectivity index (χ3n) is 17.6. The summed E-state index contributed by atoms with van der Waals surface area (Å²) >= 11 is 3.51. The second-order valence-electron chi connectivity index (χ2n) is 22.9. The summed E-state index contributed by atoms with van der Waals surface area (Å²) < 4.78 is 13.3. The standard InChI is InChI=1S/C42H26O.C26H19BO2.C16H9BrO/c1-2-11-27(12-3-1)28-15-10-16-31(23-28)41-33-17-6-8-19-35(33)42(36-20-9-7-18-34(36)41)32-21-22-39-37(25-32)38-24-29-13-4-5-14-30(29)26-40(38)43-39;28-27(29)26-23-15-6-4-13-21(23)25(22-14-5-7-16-24(22)26)20-12-8-11-19(17-20)18-9-2-1-3-10-18;17-12-5-6-15-14(9-12)13-7-10-3-1-2-4-11(10)8-16(13)18-15/h1-26H;1-17,28-29H;1-9H. The average molecular weight is 1220 g/mol. The first-order valence-electron chi connectivity index (χ1n) is 30.3. The van der Waals surface area contributed by atoms with Gasteiger partial charge in [0.25, 0.3) is 0 Å². The highest BCUT2D eigenvalue weighted by Crippen LogP contribution is 2.46. The minimum Gasteiger partial charge on any atom is -0.456 e. The molecule has 0 fully saturated rings. The molecule has 2 N–H and O–H groups in total. The van der Waals surface area contributed by atoms with Crippen molar-refractivity contribution in [1.29, 1.82) is 0 Å². The summed E-state index contributed by atoms with van der Waals surface area (Å²) in [6.07, 6.45) is 0. The second-order valence-corrected chi connectivity index (χ2v) is 23.9. The molecule has 0 aliphatic heterocycles. The van der Waals surface area contributed by atoms with Crippen molar-refractivity contribution in [1.82, 2.24) is 0 Å². The van der Waals surface area contributed by atoms with Crippen molar-refractivity contribution in [3.8, 4) is 55.6 Å². The molecule has 0 radical (unpaired) electrons. The van der Waals surface area contributed by atoms with E-state index in [0.717, 1.165) is 81.2 Å². The van der Waals surface area contributed by atoms with Gasteiger partial charge in [0, 0.05) is 26.0 Å². The first-order valence-corrected chi connectivity index (χ1v) is 31.1. The molecule has 16 aromatic carbocycles. The lowest BCUT2D eigenvalue weighted by Crippen LogP contribution is -2.31. The maximum atomic E-state index is 10.1. The molecule has 2 aromatic heterocycles. The highest BCUT2D eigenvalue weighted by molar-refractivity contribution is 9.10. The van der Waals surface area contributed by atoms with Crippen molar-refractivity contribution in [2.75, 3.05) is 0 Å². The van der Waals surface area contributed by atoms with Gasteiger partial charge in [0.2, 0.25) is 0 Å². The van der Waals surface area contributed by atoms with Gasteiger partial charge in [0.1, 0.15) is 22.3 Å². The summed E-state index contributed by atoms with van der Waals surface area (Å²) in [6.45, 7) is 0. The van der Waals surface area contributed by atoms with Crippen LogP contribution >= 0.6 is 15.9 Å². The van der Waals surface area contributed by atoms with Crippen molar-refractivity contribution in [3.05, 3.63) is 320 Å². The molecule has 0 saturated carbocycles. The van der Waals surface area contributed by atoms with E-state index in [4.69, 9.17) is 8.83 Å².